The zero-order valence-corrected chi connectivity index (χ0v) is 7.20. The molecule has 13 heavy (non-hydrogen) atoms. The summed E-state index contributed by atoms with van der Waals surface area (Å²) in [6.45, 7) is 1.52. The number of nitrogens with one attached hydrogen (secondary N) is 1. The molecule has 2 amide bonds. The van der Waals surface area contributed by atoms with Crippen LogP contribution in [0.4, 0.5) is 0 Å². The molecular weight excluding hydrogens is 168 g/mol. The molecule has 2 atom stereocenters. The van der Waals surface area contributed by atoms with Crippen LogP contribution in [-0.2, 0) is 9.59 Å². The van der Waals surface area contributed by atoms with Crippen LogP contribution in [0.3, 0.4) is 0 Å². The van der Waals surface area contributed by atoms with Crippen LogP contribution in [0, 0.1) is 30.6 Å². The van der Waals surface area contributed by atoms with Crippen molar-refractivity contribution in [3.8, 4) is 24.7 Å². The number of hydrogen-bond donors (Lipinski definition) is 2. The van der Waals surface area contributed by atoms with E-state index in [0.29, 0.717) is 0 Å². The first-order valence-corrected chi connectivity index (χ1v) is 3.54. The van der Waals surface area contributed by atoms with Crippen molar-refractivity contribution >= 4 is 11.8 Å². The first kappa shape index (κ1) is 11.1. The number of primary amides is 1. The molecule has 0 aromatic heterocycles. The second kappa shape index (κ2) is 4.84. The molecule has 0 saturated carbocycles. The van der Waals surface area contributed by atoms with E-state index in [0.717, 1.165) is 0 Å². The van der Waals surface area contributed by atoms with Gasteiger partial charge in [0, 0.05) is 0 Å². The maximum absolute atomic E-state index is 11.1. The van der Waals surface area contributed by atoms with E-state index in [1.165, 1.54) is 6.92 Å². The number of carbonyl (C=O) groups excluding carboxylic acids is 2. The third-order valence-electron chi connectivity index (χ3n) is 1.38. The van der Waals surface area contributed by atoms with Crippen molar-refractivity contribution in [3.63, 3.8) is 0 Å². The lowest BCUT2D eigenvalue weighted by Crippen LogP contribution is -2.45. The first-order valence-electron chi connectivity index (χ1n) is 3.54. The number of terminal acetylenes is 2. The van der Waals surface area contributed by atoms with E-state index in [9.17, 15) is 9.59 Å². The summed E-state index contributed by atoms with van der Waals surface area (Å²) in [4.78, 5) is 21.7. The molecule has 0 saturated heterocycles. The lowest BCUT2D eigenvalue weighted by atomic mass is 10.1. The van der Waals surface area contributed by atoms with Gasteiger partial charge in [0.2, 0.25) is 5.91 Å². The van der Waals surface area contributed by atoms with Gasteiger partial charge in [-0.2, -0.15) is 0 Å². The Bertz CT molecular complexity index is 296. The van der Waals surface area contributed by atoms with Gasteiger partial charge in [-0.25, -0.2) is 0 Å². The maximum atomic E-state index is 11.1. The van der Waals surface area contributed by atoms with Gasteiger partial charge in [-0.1, -0.05) is 11.8 Å². The van der Waals surface area contributed by atoms with Gasteiger partial charge in [0.1, 0.15) is 0 Å². The van der Waals surface area contributed by atoms with E-state index >= 15 is 0 Å². The highest BCUT2D eigenvalue weighted by molar-refractivity contribution is 5.90. The third-order valence-corrected chi connectivity index (χ3v) is 1.38. The Balaban J connectivity index is 4.30. The highest BCUT2D eigenvalue weighted by Crippen LogP contribution is 1.92. The average molecular weight is 178 g/mol. The van der Waals surface area contributed by atoms with Gasteiger partial charge in [-0.3, -0.25) is 9.59 Å². The predicted octanol–water partition coefficient (Wildman–Crippen LogP) is -1.14. The molecule has 68 valence electrons. The average Bonchev–Trinajstić information content (AvgIpc) is 2.11. The van der Waals surface area contributed by atoms with Crippen LogP contribution < -0.4 is 11.1 Å². The predicted molar refractivity (Wildman–Crippen MR) is 48.0 cm³/mol. The topological polar surface area (TPSA) is 72.2 Å². The number of carbonyl (C=O) groups is 2. The molecule has 0 radical (unpaired) electrons. The summed E-state index contributed by atoms with van der Waals surface area (Å²) in [6, 6.07) is -1.09. The number of nitrogens with two attached hydrogens (primary N) is 1. The third kappa shape index (κ3) is 3.31. The lowest BCUT2D eigenvalue weighted by Gasteiger charge is -2.10. The zero-order chi connectivity index (χ0) is 10.4. The van der Waals surface area contributed by atoms with Gasteiger partial charge < -0.3 is 11.1 Å². The maximum Gasteiger partial charge on any atom is 0.252 e. The standard InChI is InChI=1S/C9H10N2O2/c1-4-6(3)9(13)11-7(5-2)8(10)12/h1-2,6-7H,3H3,(H2,10,12)(H,11,13). The largest absolute Gasteiger partial charge is 0.367 e. The SMILES string of the molecule is C#CC(C)C(=O)NC(C#C)C(N)=O. The number of rotatable bonds is 3. The van der Waals surface area contributed by atoms with Crippen molar-refractivity contribution < 1.29 is 9.59 Å². The molecule has 0 aliphatic rings. The van der Waals surface area contributed by atoms with Crippen molar-refractivity contribution in [2.24, 2.45) is 11.7 Å². The minimum atomic E-state index is -1.09. The summed E-state index contributed by atoms with van der Waals surface area (Å²) in [6.07, 6.45) is 9.93. The highest BCUT2D eigenvalue weighted by atomic mass is 16.2. The van der Waals surface area contributed by atoms with Gasteiger partial charge in [0.25, 0.3) is 5.91 Å². The molecule has 4 nitrogen and oxygen atoms in total. The van der Waals surface area contributed by atoms with E-state index in [2.05, 4.69) is 11.2 Å². The molecule has 0 bridgehead atoms. The fraction of sp³-hybridized carbons (Fsp3) is 0.333. The van der Waals surface area contributed by atoms with Crippen LogP contribution in [0.5, 0.6) is 0 Å². The zero-order valence-electron chi connectivity index (χ0n) is 7.20. The van der Waals surface area contributed by atoms with Gasteiger partial charge in [-0.15, -0.1) is 12.8 Å². The molecule has 0 aliphatic carbocycles. The van der Waals surface area contributed by atoms with Crippen molar-refractivity contribution in [2.75, 3.05) is 0 Å². The van der Waals surface area contributed by atoms with E-state index in [1.54, 1.807) is 0 Å². The smallest absolute Gasteiger partial charge is 0.252 e. The van der Waals surface area contributed by atoms with Crippen molar-refractivity contribution in [2.45, 2.75) is 13.0 Å². The monoisotopic (exact) mass is 178 g/mol. The number of amides is 2. The molecule has 0 aliphatic heterocycles. The fourth-order valence-corrected chi connectivity index (χ4v) is 0.538. The molecule has 0 aromatic carbocycles. The summed E-state index contributed by atoms with van der Waals surface area (Å²) >= 11 is 0. The highest BCUT2D eigenvalue weighted by Gasteiger charge is 2.17. The van der Waals surface area contributed by atoms with Crippen LogP contribution in [0.2, 0.25) is 0 Å². The quantitative estimate of drug-likeness (QED) is 0.536. The second-order valence-electron chi connectivity index (χ2n) is 2.40. The Kier molecular flexibility index (Phi) is 4.12. The van der Waals surface area contributed by atoms with Crippen LogP contribution in [-0.4, -0.2) is 17.9 Å². The first-order chi connectivity index (χ1) is 6.02. The molecule has 0 rings (SSSR count). The summed E-state index contributed by atoms with van der Waals surface area (Å²) in [5.41, 5.74) is 4.89. The van der Waals surface area contributed by atoms with Crippen LogP contribution >= 0.6 is 0 Å². The summed E-state index contributed by atoms with van der Waals surface area (Å²) < 4.78 is 0. The van der Waals surface area contributed by atoms with E-state index in [4.69, 9.17) is 18.6 Å². The Morgan fingerprint density at radius 3 is 2.23 bits per heavy atom. The van der Waals surface area contributed by atoms with Gasteiger partial charge in [-0.05, 0) is 6.92 Å². The van der Waals surface area contributed by atoms with E-state index in [1.807, 2.05) is 5.92 Å². The molecule has 3 N–H and O–H groups in total. The van der Waals surface area contributed by atoms with Crippen molar-refractivity contribution in [1.29, 1.82) is 0 Å². The summed E-state index contributed by atoms with van der Waals surface area (Å²) in [5.74, 6) is 2.35. The van der Waals surface area contributed by atoms with Gasteiger partial charge >= 0.3 is 0 Å². The van der Waals surface area contributed by atoms with Crippen LogP contribution in [0.1, 0.15) is 6.92 Å². The fourth-order valence-electron chi connectivity index (χ4n) is 0.538. The Morgan fingerprint density at radius 1 is 1.38 bits per heavy atom. The Labute approximate surface area is 76.9 Å². The number of hydrogen-bond acceptors (Lipinski definition) is 2. The minimum Gasteiger partial charge on any atom is -0.367 e. The second-order valence-corrected chi connectivity index (χ2v) is 2.40. The Morgan fingerprint density at radius 2 is 1.92 bits per heavy atom. The van der Waals surface area contributed by atoms with Crippen molar-refractivity contribution in [1.82, 2.24) is 5.32 Å². The summed E-state index contributed by atoms with van der Waals surface area (Å²) in [5, 5.41) is 2.22. The molecule has 0 aromatic rings. The lowest BCUT2D eigenvalue weighted by molar-refractivity contribution is -0.127. The van der Waals surface area contributed by atoms with Crippen LogP contribution in [0.15, 0.2) is 0 Å². The van der Waals surface area contributed by atoms with E-state index in [-0.39, 0.29) is 0 Å². The Hall–Kier alpha value is -1.94. The molecule has 0 fully saturated rings. The van der Waals surface area contributed by atoms with Gasteiger partial charge in [0.05, 0.1) is 5.92 Å². The molecule has 0 heterocycles. The van der Waals surface area contributed by atoms with Gasteiger partial charge in [0.15, 0.2) is 6.04 Å². The molecule has 4 heteroatoms. The minimum absolute atomic E-state index is 0.482. The molecule has 2 unspecified atom stereocenters. The van der Waals surface area contributed by atoms with Crippen molar-refractivity contribution in [3.05, 3.63) is 0 Å². The van der Waals surface area contributed by atoms with Crippen LogP contribution in [0.25, 0.3) is 0 Å². The normalized spacial score (nSPS) is 13.2. The van der Waals surface area contributed by atoms with E-state index < -0.39 is 23.8 Å². The molecular formula is C9H10N2O2. The molecule has 0 spiro atoms. The summed E-state index contributed by atoms with van der Waals surface area (Å²) in [7, 11) is 0.